The van der Waals surface area contributed by atoms with E-state index >= 15 is 0 Å². The molecular formula is C14H19NO2S. The van der Waals surface area contributed by atoms with E-state index < -0.39 is 10.0 Å². The summed E-state index contributed by atoms with van der Waals surface area (Å²) in [6.07, 6.45) is 2.89. The molecule has 98 valence electrons. The average Bonchev–Trinajstić information content (AvgIpc) is 2.40. The minimum Gasteiger partial charge on any atom is -0.207 e. The van der Waals surface area contributed by atoms with Gasteiger partial charge in [-0.05, 0) is 24.5 Å². The van der Waals surface area contributed by atoms with Crippen molar-refractivity contribution in [2.75, 3.05) is 13.1 Å². The van der Waals surface area contributed by atoms with Crippen LogP contribution in [0.4, 0.5) is 0 Å². The fourth-order valence-electron chi connectivity index (χ4n) is 2.15. The maximum atomic E-state index is 12.4. The van der Waals surface area contributed by atoms with Gasteiger partial charge in [-0.2, -0.15) is 4.31 Å². The summed E-state index contributed by atoms with van der Waals surface area (Å²) in [5.74, 6) is 0.506. The molecule has 1 aromatic rings. The second-order valence-corrected chi connectivity index (χ2v) is 6.80. The molecule has 0 N–H and O–H groups in total. The monoisotopic (exact) mass is 265 g/mol. The first kappa shape index (κ1) is 13.3. The van der Waals surface area contributed by atoms with Crippen molar-refractivity contribution in [3.63, 3.8) is 0 Å². The van der Waals surface area contributed by atoms with Gasteiger partial charge in [-0.25, -0.2) is 8.42 Å². The molecule has 0 radical (unpaired) electrons. The molecule has 1 aliphatic heterocycles. The Morgan fingerprint density at radius 3 is 2.33 bits per heavy atom. The molecule has 1 aromatic carbocycles. The molecular weight excluding hydrogens is 246 g/mol. The Morgan fingerprint density at radius 2 is 1.83 bits per heavy atom. The molecule has 0 aromatic heterocycles. The normalized spacial score (nSPS) is 17.8. The molecule has 1 aliphatic rings. The van der Waals surface area contributed by atoms with Crippen LogP contribution in [0.15, 0.2) is 46.9 Å². The molecule has 0 unspecified atom stereocenters. The van der Waals surface area contributed by atoms with E-state index in [1.807, 2.05) is 6.07 Å². The number of sulfonamides is 1. The zero-order valence-corrected chi connectivity index (χ0v) is 11.7. The fourth-order valence-corrected chi connectivity index (χ4v) is 3.55. The molecule has 0 bridgehead atoms. The third-order valence-corrected chi connectivity index (χ3v) is 5.21. The van der Waals surface area contributed by atoms with Gasteiger partial charge in [-0.3, -0.25) is 0 Å². The first-order valence-corrected chi connectivity index (χ1v) is 7.70. The Balaban J connectivity index is 2.20. The Bertz CT molecular complexity index is 532. The molecule has 0 saturated carbocycles. The van der Waals surface area contributed by atoms with Crippen LogP contribution in [0.25, 0.3) is 0 Å². The summed E-state index contributed by atoms with van der Waals surface area (Å²) in [6.45, 7) is 5.37. The van der Waals surface area contributed by atoms with Gasteiger partial charge in [-0.15, -0.1) is 0 Å². The van der Waals surface area contributed by atoms with Crippen LogP contribution >= 0.6 is 0 Å². The Morgan fingerprint density at radius 1 is 1.17 bits per heavy atom. The molecule has 0 amide bonds. The van der Waals surface area contributed by atoms with Gasteiger partial charge in [0.2, 0.25) is 10.0 Å². The van der Waals surface area contributed by atoms with E-state index in [0.29, 0.717) is 23.9 Å². The molecule has 4 heteroatoms. The highest BCUT2D eigenvalue weighted by molar-refractivity contribution is 7.89. The van der Waals surface area contributed by atoms with Gasteiger partial charge in [0.15, 0.2) is 0 Å². The summed E-state index contributed by atoms with van der Waals surface area (Å²) in [7, 11) is -3.32. The van der Waals surface area contributed by atoms with Gasteiger partial charge in [0.25, 0.3) is 0 Å². The van der Waals surface area contributed by atoms with Crippen molar-refractivity contribution in [2.24, 2.45) is 5.92 Å². The van der Waals surface area contributed by atoms with Crippen LogP contribution in [-0.2, 0) is 10.0 Å². The minimum absolute atomic E-state index is 0.381. The molecule has 2 rings (SSSR count). The van der Waals surface area contributed by atoms with Gasteiger partial charge in [0, 0.05) is 13.1 Å². The highest BCUT2D eigenvalue weighted by atomic mass is 32.2. The van der Waals surface area contributed by atoms with Gasteiger partial charge in [0.1, 0.15) is 0 Å². The van der Waals surface area contributed by atoms with E-state index in [1.165, 1.54) is 5.57 Å². The minimum atomic E-state index is -3.32. The lowest BCUT2D eigenvalue weighted by atomic mass is 9.98. The predicted octanol–water partition coefficient (Wildman–Crippen LogP) is 2.66. The van der Waals surface area contributed by atoms with E-state index in [4.69, 9.17) is 0 Å². The first-order valence-electron chi connectivity index (χ1n) is 6.26. The van der Waals surface area contributed by atoms with Gasteiger partial charge in [-0.1, -0.05) is 43.7 Å². The average molecular weight is 265 g/mol. The lowest BCUT2D eigenvalue weighted by molar-refractivity contribution is 0.421. The van der Waals surface area contributed by atoms with Crippen molar-refractivity contribution in [3.8, 4) is 0 Å². The molecule has 3 nitrogen and oxygen atoms in total. The van der Waals surface area contributed by atoms with Crippen LogP contribution in [-0.4, -0.2) is 25.8 Å². The summed E-state index contributed by atoms with van der Waals surface area (Å²) in [6, 6.07) is 8.64. The maximum absolute atomic E-state index is 12.4. The lowest BCUT2D eigenvalue weighted by Crippen LogP contribution is -2.35. The van der Waals surface area contributed by atoms with Gasteiger partial charge < -0.3 is 0 Å². The van der Waals surface area contributed by atoms with Crippen LogP contribution in [0.3, 0.4) is 0 Å². The summed E-state index contributed by atoms with van der Waals surface area (Å²) in [5, 5.41) is 0. The number of benzene rings is 1. The summed E-state index contributed by atoms with van der Waals surface area (Å²) >= 11 is 0. The Hall–Kier alpha value is -1.13. The third kappa shape index (κ3) is 2.65. The highest BCUT2D eigenvalue weighted by Crippen LogP contribution is 2.23. The van der Waals surface area contributed by atoms with Crippen LogP contribution in [0, 0.1) is 5.92 Å². The number of rotatable bonds is 3. The van der Waals surface area contributed by atoms with Crippen LogP contribution in [0.5, 0.6) is 0 Å². The topological polar surface area (TPSA) is 37.4 Å². The Kier molecular flexibility index (Phi) is 3.88. The first-order chi connectivity index (χ1) is 8.51. The molecule has 1 heterocycles. The largest absolute Gasteiger partial charge is 0.243 e. The summed E-state index contributed by atoms with van der Waals surface area (Å²) in [5.41, 5.74) is 1.36. The SMILES string of the molecule is CC(C)C1=CCN(S(=O)(=O)c2ccccc2)CC1. The van der Waals surface area contributed by atoms with Gasteiger partial charge >= 0.3 is 0 Å². The van der Waals surface area contributed by atoms with Crippen LogP contribution < -0.4 is 0 Å². The van der Waals surface area contributed by atoms with Crippen LogP contribution in [0.1, 0.15) is 20.3 Å². The smallest absolute Gasteiger partial charge is 0.207 e. The second kappa shape index (κ2) is 5.24. The quantitative estimate of drug-likeness (QED) is 0.788. The zero-order chi connectivity index (χ0) is 13.2. The van der Waals surface area contributed by atoms with Crippen molar-refractivity contribution in [3.05, 3.63) is 42.0 Å². The summed E-state index contributed by atoms with van der Waals surface area (Å²) < 4.78 is 26.3. The molecule has 18 heavy (non-hydrogen) atoms. The highest BCUT2D eigenvalue weighted by Gasteiger charge is 2.26. The molecule has 0 aliphatic carbocycles. The lowest BCUT2D eigenvalue weighted by Gasteiger charge is -2.27. The fraction of sp³-hybridized carbons (Fsp3) is 0.429. The molecule has 0 atom stereocenters. The molecule has 0 saturated heterocycles. The van der Waals surface area contributed by atoms with Gasteiger partial charge in [0.05, 0.1) is 4.90 Å². The van der Waals surface area contributed by atoms with E-state index in [9.17, 15) is 8.42 Å². The summed E-state index contributed by atoms with van der Waals surface area (Å²) in [4.78, 5) is 0.381. The van der Waals surface area contributed by atoms with Crippen molar-refractivity contribution in [1.82, 2.24) is 4.31 Å². The second-order valence-electron chi connectivity index (χ2n) is 4.86. The number of hydrogen-bond acceptors (Lipinski definition) is 2. The third-order valence-electron chi connectivity index (χ3n) is 3.33. The molecule has 0 spiro atoms. The van der Waals surface area contributed by atoms with Crippen molar-refractivity contribution in [2.45, 2.75) is 25.2 Å². The predicted molar refractivity (Wildman–Crippen MR) is 72.7 cm³/mol. The Labute approximate surface area is 109 Å². The van der Waals surface area contributed by atoms with E-state index in [2.05, 4.69) is 19.9 Å². The van der Waals surface area contributed by atoms with E-state index in [-0.39, 0.29) is 0 Å². The standard InChI is InChI=1S/C14H19NO2S/c1-12(2)13-8-10-15(11-9-13)18(16,17)14-6-4-3-5-7-14/h3-8,12H,9-11H2,1-2H3. The molecule has 0 fully saturated rings. The van der Waals surface area contributed by atoms with Crippen LogP contribution in [0.2, 0.25) is 0 Å². The van der Waals surface area contributed by atoms with Crippen molar-refractivity contribution in [1.29, 1.82) is 0 Å². The van der Waals surface area contributed by atoms with E-state index in [0.717, 1.165) is 6.42 Å². The number of nitrogens with zero attached hydrogens (tertiary/aromatic N) is 1. The number of hydrogen-bond donors (Lipinski definition) is 0. The van der Waals surface area contributed by atoms with E-state index in [1.54, 1.807) is 28.6 Å². The van der Waals surface area contributed by atoms with Crippen molar-refractivity contribution >= 4 is 10.0 Å². The maximum Gasteiger partial charge on any atom is 0.243 e. The van der Waals surface area contributed by atoms with Crippen molar-refractivity contribution < 1.29 is 8.42 Å². The zero-order valence-electron chi connectivity index (χ0n) is 10.8.